The smallest absolute Gasteiger partial charge is 0.278 e. The normalized spacial score (nSPS) is 15.4. The number of rotatable bonds is 8. The summed E-state index contributed by atoms with van der Waals surface area (Å²) in [5.74, 6) is 1.50. The van der Waals surface area contributed by atoms with Crippen LogP contribution in [0.25, 0.3) is 16.9 Å². The Hall–Kier alpha value is -3.83. The van der Waals surface area contributed by atoms with E-state index in [1.165, 1.54) is 21.4 Å². The largest absolute Gasteiger partial charge is 0.324 e. The molecule has 0 saturated heterocycles. The zero-order valence-corrected chi connectivity index (χ0v) is 25.4. The highest BCUT2D eigenvalue weighted by Gasteiger charge is 2.25. The maximum absolute atomic E-state index is 13.3. The van der Waals surface area contributed by atoms with Gasteiger partial charge in [0.2, 0.25) is 5.95 Å². The van der Waals surface area contributed by atoms with Gasteiger partial charge in [-0.15, -0.1) is 6.58 Å². The monoisotopic (exact) mass is 574 g/mol. The van der Waals surface area contributed by atoms with E-state index in [0.717, 1.165) is 24.9 Å². The number of nitrogens with zero attached hydrogens (tertiary/aromatic N) is 7. The minimum absolute atomic E-state index is 0.246. The highest BCUT2D eigenvalue weighted by Crippen LogP contribution is 2.34. The van der Waals surface area contributed by atoms with Crippen molar-refractivity contribution < 1.29 is 4.21 Å². The molecule has 4 aromatic rings. The van der Waals surface area contributed by atoms with Crippen molar-refractivity contribution in [3.8, 4) is 5.82 Å². The molecule has 41 heavy (non-hydrogen) atoms. The number of anilines is 2. The van der Waals surface area contributed by atoms with Crippen molar-refractivity contribution >= 4 is 38.2 Å². The zero-order valence-electron chi connectivity index (χ0n) is 24.6. The van der Waals surface area contributed by atoms with Gasteiger partial charge in [-0.2, -0.15) is 9.35 Å². The van der Waals surface area contributed by atoms with E-state index in [0.29, 0.717) is 40.6 Å². The lowest BCUT2D eigenvalue weighted by molar-refractivity contribution is 0.267. The third-order valence-electron chi connectivity index (χ3n) is 7.40. The highest BCUT2D eigenvalue weighted by atomic mass is 32.2. The fourth-order valence-electron chi connectivity index (χ4n) is 5.46. The second-order valence-corrected chi connectivity index (χ2v) is 13.9. The van der Waals surface area contributed by atoms with E-state index in [2.05, 4.69) is 71.2 Å². The summed E-state index contributed by atoms with van der Waals surface area (Å²) in [6.45, 7) is 8.51. The summed E-state index contributed by atoms with van der Waals surface area (Å²) in [5.41, 5.74) is 5.22. The second kappa shape index (κ2) is 11.2. The van der Waals surface area contributed by atoms with Crippen LogP contribution in [0.4, 0.5) is 17.5 Å². The first-order valence-corrected chi connectivity index (χ1v) is 16.1. The van der Waals surface area contributed by atoms with Crippen LogP contribution >= 0.6 is 0 Å². The van der Waals surface area contributed by atoms with Crippen LogP contribution in [0.15, 0.2) is 58.3 Å². The van der Waals surface area contributed by atoms with Gasteiger partial charge in [0.05, 0.1) is 6.54 Å². The molecular formula is C30H38N8O2S. The summed E-state index contributed by atoms with van der Waals surface area (Å²) in [4.78, 5) is 29.5. The number of hydrogen-bond acceptors (Lipinski definition) is 8. The van der Waals surface area contributed by atoms with E-state index < -0.39 is 9.73 Å². The van der Waals surface area contributed by atoms with Crippen molar-refractivity contribution in [2.75, 3.05) is 31.9 Å². The molecule has 0 radical (unpaired) electrons. The van der Waals surface area contributed by atoms with Gasteiger partial charge in [-0.1, -0.05) is 26.0 Å². The van der Waals surface area contributed by atoms with Crippen molar-refractivity contribution in [1.82, 2.24) is 29.2 Å². The van der Waals surface area contributed by atoms with Gasteiger partial charge >= 0.3 is 0 Å². The molecule has 0 aliphatic heterocycles. The van der Waals surface area contributed by atoms with Crippen molar-refractivity contribution in [3.05, 3.63) is 76.2 Å². The first-order valence-electron chi connectivity index (χ1n) is 13.8. The first-order chi connectivity index (χ1) is 19.4. The Balaban J connectivity index is 1.60. The maximum atomic E-state index is 13.3. The Bertz CT molecular complexity index is 1800. The van der Waals surface area contributed by atoms with Crippen molar-refractivity contribution in [1.29, 1.82) is 0 Å². The average Bonchev–Trinajstić information content (AvgIpc) is 3.17. The summed E-state index contributed by atoms with van der Waals surface area (Å²) < 4.78 is 19.7. The first kappa shape index (κ1) is 28.7. The zero-order chi connectivity index (χ0) is 29.5. The van der Waals surface area contributed by atoms with Gasteiger partial charge in [-0.05, 0) is 80.2 Å². The molecule has 1 aliphatic rings. The third-order valence-corrected chi connectivity index (χ3v) is 8.03. The lowest BCUT2D eigenvalue weighted by Crippen LogP contribution is -2.34. The molecule has 3 heterocycles. The van der Waals surface area contributed by atoms with Crippen LogP contribution in [-0.4, -0.2) is 66.1 Å². The number of likely N-dealkylation sites (N-methyl/N-ethyl adjacent to an activating group) is 1. The number of nitrogens with one attached hydrogen (secondary N) is 1. The maximum Gasteiger partial charge on any atom is 0.278 e. The molecule has 1 N–H and O–H groups in total. The quantitative estimate of drug-likeness (QED) is 0.301. The molecule has 11 heteroatoms. The number of hydrogen-bond donors (Lipinski definition) is 1. The van der Waals surface area contributed by atoms with Gasteiger partial charge in [-0.3, -0.25) is 4.79 Å². The van der Waals surface area contributed by atoms with Crippen molar-refractivity contribution in [3.63, 3.8) is 0 Å². The van der Waals surface area contributed by atoms with E-state index in [1.54, 1.807) is 47.7 Å². The van der Waals surface area contributed by atoms with E-state index >= 15 is 0 Å². The van der Waals surface area contributed by atoms with Crippen LogP contribution in [-0.2, 0) is 29.1 Å². The number of fused-ring (bicyclic) bond motifs is 2. The molecule has 3 aromatic heterocycles. The summed E-state index contributed by atoms with van der Waals surface area (Å²) in [7, 11) is 1.89. The fourth-order valence-corrected chi connectivity index (χ4v) is 6.01. The number of pyridine rings is 1. The molecule has 0 bridgehead atoms. The van der Waals surface area contributed by atoms with Crippen LogP contribution in [0, 0.1) is 0 Å². The Morgan fingerprint density at radius 1 is 1.24 bits per heavy atom. The number of allylic oxidation sites excluding steroid dienone is 1. The topological polar surface area (TPSA) is 110 Å². The molecule has 1 aliphatic carbocycles. The molecular weight excluding hydrogens is 536 g/mol. The number of aryl methyl sites for hydroxylation is 1. The predicted molar refractivity (Wildman–Crippen MR) is 167 cm³/mol. The van der Waals surface area contributed by atoms with Crippen LogP contribution < -0.4 is 10.9 Å². The SMILES string of the molecule is C=CCn1c(=O)c2cnc(Nc3cc4c(c(C(C)C)c3)CC(N(C)C)CC4)nc2n1-c1cccc(N=S(C)(C)=O)n1. The summed E-state index contributed by atoms with van der Waals surface area (Å²) >= 11 is 0. The number of aromatic nitrogens is 5. The molecule has 1 unspecified atom stereocenters. The standard InChI is InChI=1S/C30H38N8O2S/c1-8-14-37-29(39)25-18-31-30(34-28(25)38(37)27-11-9-10-26(33-27)35-41(6,7)40)32-21-15-20-12-13-22(36(4)5)17-24(20)23(16-21)19(2)3/h8-11,15-16,18-19,22H,1,12-14,17H2,2-7H3,(H,31,32,34). The van der Waals surface area contributed by atoms with E-state index in [4.69, 9.17) is 4.98 Å². The predicted octanol–water partition coefficient (Wildman–Crippen LogP) is 4.81. The minimum Gasteiger partial charge on any atom is -0.324 e. The molecule has 0 saturated carbocycles. The fraction of sp³-hybridized carbons (Fsp3) is 0.400. The lowest BCUT2D eigenvalue weighted by atomic mass is 9.81. The molecule has 1 atom stereocenters. The number of benzene rings is 1. The van der Waals surface area contributed by atoms with E-state index in [1.807, 2.05) is 0 Å². The van der Waals surface area contributed by atoms with Gasteiger partial charge in [0.1, 0.15) is 5.39 Å². The molecule has 216 valence electrons. The van der Waals surface area contributed by atoms with Gasteiger partial charge < -0.3 is 10.2 Å². The molecule has 0 spiro atoms. The van der Waals surface area contributed by atoms with Crippen molar-refractivity contribution in [2.45, 2.75) is 51.6 Å². The van der Waals surface area contributed by atoms with E-state index in [9.17, 15) is 9.00 Å². The van der Waals surface area contributed by atoms with Gasteiger partial charge in [0.15, 0.2) is 17.3 Å². The van der Waals surface area contributed by atoms with Crippen LogP contribution in [0.1, 0.15) is 42.9 Å². The Morgan fingerprint density at radius 2 is 2.02 bits per heavy atom. The summed E-state index contributed by atoms with van der Waals surface area (Å²) in [6.07, 6.45) is 9.48. The summed E-state index contributed by atoms with van der Waals surface area (Å²) in [5, 5.41) is 3.76. The average molecular weight is 575 g/mol. The van der Waals surface area contributed by atoms with Gasteiger partial charge in [-0.25, -0.2) is 23.5 Å². The Kier molecular flexibility index (Phi) is 7.85. The second-order valence-electron chi connectivity index (χ2n) is 11.4. The van der Waals surface area contributed by atoms with E-state index in [-0.39, 0.29) is 12.1 Å². The molecule has 5 rings (SSSR count). The summed E-state index contributed by atoms with van der Waals surface area (Å²) in [6, 6.07) is 10.2. The Labute approximate surface area is 241 Å². The highest BCUT2D eigenvalue weighted by molar-refractivity contribution is 7.92. The van der Waals surface area contributed by atoms with Gasteiger partial charge in [0.25, 0.3) is 5.56 Å². The van der Waals surface area contributed by atoms with Crippen LogP contribution in [0.3, 0.4) is 0 Å². The van der Waals surface area contributed by atoms with Gasteiger partial charge in [0, 0.05) is 40.2 Å². The minimum atomic E-state index is -2.42. The molecule has 0 fully saturated rings. The molecule has 10 nitrogen and oxygen atoms in total. The third kappa shape index (κ3) is 5.96. The molecule has 1 aromatic carbocycles. The molecule has 0 amide bonds. The lowest BCUT2D eigenvalue weighted by Gasteiger charge is -2.32. The Morgan fingerprint density at radius 3 is 2.71 bits per heavy atom. The van der Waals surface area contributed by atoms with Crippen LogP contribution in [0.5, 0.6) is 0 Å². The van der Waals surface area contributed by atoms with Crippen molar-refractivity contribution in [2.24, 2.45) is 4.36 Å². The van der Waals surface area contributed by atoms with Crippen LogP contribution in [0.2, 0.25) is 0 Å².